The molecule has 0 amide bonds. The molecule has 0 unspecified atom stereocenters. The number of nitrogens with zero attached hydrogens (tertiary/aromatic N) is 2. The van der Waals surface area contributed by atoms with Gasteiger partial charge in [0.1, 0.15) is 0 Å². The Hall–Kier alpha value is -0.920. The first-order valence-electron chi connectivity index (χ1n) is 5.60. The van der Waals surface area contributed by atoms with Crippen LogP contribution in [0.15, 0.2) is 25.6 Å². The summed E-state index contributed by atoms with van der Waals surface area (Å²) in [4.78, 5) is 4.50. The molecule has 0 atom stereocenters. The van der Waals surface area contributed by atoms with Gasteiger partial charge in [0.25, 0.3) is 0 Å². The molecule has 0 saturated carbocycles. The average Bonchev–Trinajstić information content (AvgIpc) is 2.92. The normalized spacial score (nSPS) is 20.3. The zero-order valence-electron chi connectivity index (χ0n) is 9.12. The second-order valence-electron chi connectivity index (χ2n) is 3.85. The molecule has 0 aromatic rings. The molecule has 0 aromatic heterocycles. The fourth-order valence-corrected chi connectivity index (χ4v) is 1.85. The summed E-state index contributed by atoms with van der Waals surface area (Å²) in [5.41, 5.74) is 0. The zero-order valence-corrected chi connectivity index (χ0v) is 9.12. The van der Waals surface area contributed by atoms with Crippen LogP contribution in [0.4, 0.5) is 0 Å². The van der Waals surface area contributed by atoms with Crippen molar-refractivity contribution in [1.82, 2.24) is 9.80 Å². The number of hydrogen-bond acceptors (Lipinski definition) is 2. The molecular formula is C12H22N2. The lowest BCUT2D eigenvalue weighted by Crippen LogP contribution is -2.08. The van der Waals surface area contributed by atoms with Gasteiger partial charge in [-0.05, 0) is 38.1 Å². The van der Waals surface area contributed by atoms with E-state index in [4.69, 9.17) is 0 Å². The van der Waals surface area contributed by atoms with Crippen LogP contribution in [-0.2, 0) is 0 Å². The number of rotatable bonds is 2. The molecule has 2 fully saturated rings. The summed E-state index contributed by atoms with van der Waals surface area (Å²) >= 11 is 0. The fraction of sp³-hybridized carbons (Fsp3) is 0.667. The van der Waals surface area contributed by atoms with Crippen LogP contribution in [-0.4, -0.2) is 36.0 Å². The zero-order chi connectivity index (χ0) is 10.2. The Bertz CT molecular complexity index is 145. The van der Waals surface area contributed by atoms with E-state index in [1.165, 1.54) is 51.9 Å². The number of likely N-dealkylation sites (tertiary alicyclic amines) is 2. The summed E-state index contributed by atoms with van der Waals surface area (Å²) in [7, 11) is 0. The Labute approximate surface area is 87.9 Å². The second-order valence-corrected chi connectivity index (χ2v) is 3.85. The predicted octanol–water partition coefficient (Wildman–Crippen LogP) is 2.45. The molecule has 14 heavy (non-hydrogen) atoms. The van der Waals surface area contributed by atoms with Crippen LogP contribution in [0.2, 0.25) is 0 Å². The topological polar surface area (TPSA) is 6.48 Å². The lowest BCUT2D eigenvalue weighted by molar-refractivity contribution is 0.469. The van der Waals surface area contributed by atoms with Crippen molar-refractivity contribution in [2.24, 2.45) is 0 Å². The van der Waals surface area contributed by atoms with Crippen LogP contribution in [0.25, 0.3) is 0 Å². The van der Waals surface area contributed by atoms with Crippen molar-refractivity contribution < 1.29 is 0 Å². The van der Waals surface area contributed by atoms with Gasteiger partial charge >= 0.3 is 0 Å². The van der Waals surface area contributed by atoms with E-state index >= 15 is 0 Å². The minimum atomic E-state index is 1.23. The average molecular weight is 194 g/mol. The lowest BCUT2D eigenvalue weighted by Gasteiger charge is -2.07. The summed E-state index contributed by atoms with van der Waals surface area (Å²) in [5, 5.41) is 0. The first-order chi connectivity index (χ1) is 6.86. The van der Waals surface area contributed by atoms with Gasteiger partial charge in [0.05, 0.1) is 0 Å². The molecular weight excluding hydrogens is 172 g/mol. The largest absolute Gasteiger partial charge is 0.378 e. The van der Waals surface area contributed by atoms with Crippen molar-refractivity contribution >= 4 is 0 Å². The van der Waals surface area contributed by atoms with E-state index in [1.807, 2.05) is 12.4 Å². The fourth-order valence-electron chi connectivity index (χ4n) is 1.85. The van der Waals surface area contributed by atoms with Crippen molar-refractivity contribution in [2.45, 2.75) is 25.7 Å². The van der Waals surface area contributed by atoms with Gasteiger partial charge in [-0.25, -0.2) is 0 Å². The highest BCUT2D eigenvalue weighted by Gasteiger charge is 2.04. The maximum absolute atomic E-state index is 3.67. The van der Waals surface area contributed by atoms with Gasteiger partial charge in [-0.1, -0.05) is 13.2 Å². The van der Waals surface area contributed by atoms with Crippen molar-refractivity contribution in [3.8, 4) is 0 Å². The van der Waals surface area contributed by atoms with Crippen molar-refractivity contribution in [1.29, 1.82) is 0 Å². The Balaban J connectivity index is 0.000000140. The van der Waals surface area contributed by atoms with E-state index in [9.17, 15) is 0 Å². The van der Waals surface area contributed by atoms with E-state index in [0.29, 0.717) is 0 Å². The first kappa shape index (κ1) is 11.2. The third-order valence-corrected chi connectivity index (χ3v) is 2.80. The molecule has 0 spiro atoms. The lowest BCUT2D eigenvalue weighted by atomic mass is 10.4. The molecule has 2 nitrogen and oxygen atoms in total. The third-order valence-electron chi connectivity index (χ3n) is 2.80. The highest BCUT2D eigenvalue weighted by molar-refractivity contribution is 4.75. The van der Waals surface area contributed by atoms with Crippen LogP contribution in [0.3, 0.4) is 0 Å². The molecule has 0 aliphatic carbocycles. The van der Waals surface area contributed by atoms with Crippen LogP contribution < -0.4 is 0 Å². The molecule has 0 aromatic carbocycles. The van der Waals surface area contributed by atoms with Gasteiger partial charge in [-0.2, -0.15) is 0 Å². The first-order valence-corrected chi connectivity index (χ1v) is 5.60. The van der Waals surface area contributed by atoms with Crippen molar-refractivity contribution in [2.75, 3.05) is 26.2 Å². The predicted molar refractivity (Wildman–Crippen MR) is 62.0 cm³/mol. The quantitative estimate of drug-likeness (QED) is 0.666. The Kier molecular flexibility index (Phi) is 5.20. The smallest absolute Gasteiger partial charge is 0.0172 e. The summed E-state index contributed by atoms with van der Waals surface area (Å²) in [6, 6.07) is 0. The van der Waals surface area contributed by atoms with Crippen LogP contribution in [0.1, 0.15) is 25.7 Å². The highest BCUT2D eigenvalue weighted by Crippen LogP contribution is 2.06. The molecule has 2 rings (SSSR count). The van der Waals surface area contributed by atoms with Crippen molar-refractivity contribution in [3.05, 3.63) is 25.6 Å². The van der Waals surface area contributed by atoms with E-state index in [0.717, 1.165) is 0 Å². The summed E-state index contributed by atoms with van der Waals surface area (Å²) in [5.74, 6) is 0. The number of hydrogen-bond donors (Lipinski definition) is 0. The molecule has 2 saturated heterocycles. The van der Waals surface area contributed by atoms with Gasteiger partial charge in [0, 0.05) is 26.2 Å². The van der Waals surface area contributed by atoms with Crippen LogP contribution in [0, 0.1) is 0 Å². The Morgan fingerprint density at radius 3 is 1.07 bits per heavy atom. The third kappa shape index (κ3) is 3.86. The minimum Gasteiger partial charge on any atom is -0.378 e. The molecule has 2 heterocycles. The van der Waals surface area contributed by atoms with Gasteiger partial charge in [0.15, 0.2) is 0 Å². The minimum absolute atomic E-state index is 1.23. The van der Waals surface area contributed by atoms with E-state index in [-0.39, 0.29) is 0 Å². The Morgan fingerprint density at radius 2 is 0.929 bits per heavy atom. The molecule has 2 aliphatic rings. The molecule has 0 N–H and O–H groups in total. The SMILES string of the molecule is C=CN1CCCC1.C=CN1CCCC1. The van der Waals surface area contributed by atoms with Gasteiger partial charge in [0.2, 0.25) is 0 Å². The van der Waals surface area contributed by atoms with E-state index < -0.39 is 0 Å². The second kappa shape index (κ2) is 6.52. The summed E-state index contributed by atoms with van der Waals surface area (Å²) < 4.78 is 0. The highest BCUT2D eigenvalue weighted by atomic mass is 15.1. The standard InChI is InChI=1S/2C6H11N/c2*1-2-7-5-3-4-6-7/h2*2H,1,3-6H2. The van der Waals surface area contributed by atoms with Crippen molar-refractivity contribution in [3.63, 3.8) is 0 Å². The van der Waals surface area contributed by atoms with E-state index in [1.54, 1.807) is 0 Å². The van der Waals surface area contributed by atoms with Gasteiger partial charge in [-0.15, -0.1) is 0 Å². The maximum Gasteiger partial charge on any atom is 0.0172 e. The van der Waals surface area contributed by atoms with E-state index in [2.05, 4.69) is 23.0 Å². The van der Waals surface area contributed by atoms with Gasteiger partial charge in [-0.3, -0.25) is 0 Å². The molecule has 0 radical (unpaired) electrons. The van der Waals surface area contributed by atoms with Crippen LogP contribution in [0.5, 0.6) is 0 Å². The summed E-state index contributed by atoms with van der Waals surface area (Å²) in [6.45, 7) is 12.2. The monoisotopic (exact) mass is 194 g/mol. The molecule has 80 valence electrons. The molecule has 2 aliphatic heterocycles. The molecule has 2 heteroatoms. The van der Waals surface area contributed by atoms with Gasteiger partial charge < -0.3 is 9.80 Å². The van der Waals surface area contributed by atoms with Crippen LogP contribution >= 0.6 is 0 Å². The maximum atomic E-state index is 3.67. The Morgan fingerprint density at radius 1 is 0.643 bits per heavy atom. The molecule has 0 bridgehead atoms. The summed E-state index contributed by atoms with van der Waals surface area (Å²) in [6.07, 6.45) is 9.26.